The summed E-state index contributed by atoms with van der Waals surface area (Å²) in [6.07, 6.45) is -4.61. The molecule has 2 rings (SSSR count). The highest BCUT2D eigenvalue weighted by Crippen LogP contribution is 2.38. The lowest BCUT2D eigenvalue weighted by Crippen LogP contribution is -2.06. The summed E-state index contributed by atoms with van der Waals surface area (Å²) < 4.78 is 38.2. The van der Waals surface area contributed by atoms with Crippen molar-refractivity contribution < 1.29 is 13.2 Å². The summed E-state index contributed by atoms with van der Waals surface area (Å²) in [5.74, 6) is 0. The lowest BCUT2D eigenvalue weighted by Gasteiger charge is -2.12. The second-order valence-electron chi connectivity index (χ2n) is 3.81. The van der Waals surface area contributed by atoms with Gasteiger partial charge in [0, 0.05) is 11.4 Å². The normalized spacial score (nSPS) is 11.1. The largest absolute Gasteiger partial charge is 0.418 e. The quantitative estimate of drug-likeness (QED) is 0.807. The van der Waals surface area contributed by atoms with E-state index in [-0.39, 0.29) is 5.69 Å². The van der Waals surface area contributed by atoms with E-state index in [1.807, 2.05) is 0 Å². The molecule has 3 nitrogen and oxygen atoms in total. The summed E-state index contributed by atoms with van der Waals surface area (Å²) in [5.41, 5.74) is -0.775. The average molecular weight is 266 g/mol. The Bertz CT molecular complexity index is 582. The third-order valence-electron chi connectivity index (χ3n) is 2.46. The van der Waals surface area contributed by atoms with Crippen molar-refractivity contribution in [2.45, 2.75) is 6.18 Å². The molecule has 0 aliphatic heterocycles. The smallest absolute Gasteiger partial charge is 0.356 e. The Hall–Kier alpha value is -2.37. The SMILES string of the molecule is O=Nc1ccc(Nc2ccccc2)cc1C(F)(F)F. The van der Waals surface area contributed by atoms with E-state index >= 15 is 0 Å². The fourth-order valence-electron chi connectivity index (χ4n) is 1.61. The minimum atomic E-state index is -4.61. The molecule has 0 saturated heterocycles. The van der Waals surface area contributed by atoms with Crippen molar-refractivity contribution >= 4 is 17.1 Å². The highest BCUT2D eigenvalue weighted by Gasteiger charge is 2.34. The minimum absolute atomic E-state index is 0.242. The molecule has 0 aliphatic carbocycles. The van der Waals surface area contributed by atoms with E-state index in [0.29, 0.717) is 5.69 Å². The van der Waals surface area contributed by atoms with Crippen molar-refractivity contribution in [3.05, 3.63) is 59.0 Å². The van der Waals surface area contributed by atoms with Crippen LogP contribution < -0.4 is 5.32 Å². The molecular formula is C13H9F3N2O. The number of hydrogen-bond donors (Lipinski definition) is 1. The Balaban J connectivity index is 2.36. The molecule has 0 amide bonds. The number of nitroso groups, excluding NO2 is 1. The molecular weight excluding hydrogens is 257 g/mol. The van der Waals surface area contributed by atoms with Gasteiger partial charge in [-0.25, -0.2) is 0 Å². The number of alkyl halides is 3. The van der Waals surface area contributed by atoms with E-state index in [1.54, 1.807) is 30.3 Å². The van der Waals surface area contributed by atoms with Crippen LogP contribution in [-0.2, 0) is 6.18 Å². The van der Waals surface area contributed by atoms with Gasteiger partial charge in [-0.1, -0.05) is 18.2 Å². The van der Waals surface area contributed by atoms with E-state index in [2.05, 4.69) is 10.5 Å². The summed E-state index contributed by atoms with van der Waals surface area (Å²) in [4.78, 5) is 10.4. The first kappa shape index (κ1) is 13.1. The van der Waals surface area contributed by atoms with E-state index in [0.717, 1.165) is 12.1 Å². The third kappa shape index (κ3) is 3.09. The van der Waals surface area contributed by atoms with Gasteiger partial charge in [0.2, 0.25) is 0 Å². The van der Waals surface area contributed by atoms with Crippen molar-refractivity contribution in [2.24, 2.45) is 5.18 Å². The Morgan fingerprint density at radius 2 is 1.63 bits per heavy atom. The number of nitrogens with one attached hydrogen (secondary N) is 1. The van der Waals surface area contributed by atoms with Gasteiger partial charge in [0.05, 0.1) is 5.56 Å². The van der Waals surface area contributed by atoms with Crippen LogP contribution in [0.5, 0.6) is 0 Å². The zero-order valence-electron chi connectivity index (χ0n) is 9.61. The fourth-order valence-corrected chi connectivity index (χ4v) is 1.61. The predicted octanol–water partition coefficient (Wildman–Crippen LogP) is 4.85. The van der Waals surface area contributed by atoms with Crippen molar-refractivity contribution in [1.29, 1.82) is 0 Å². The number of benzene rings is 2. The third-order valence-corrected chi connectivity index (χ3v) is 2.46. The van der Waals surface area contributed by atoms with Crippen molar-refractivity contribution in [3.63, 3.8) is 0 Å². The Labute approximate surface area is 107 Å². The second-order valence-corrected chi connectivity index (χ2v) is 3.81. The van der Waals surface area contributed by atoms with Gasteiger partial charge in [0.25, 0.3) is 0 Å². The Morgan fingerprint density at radius 1 is 0.947 bits per heavy atom. The average Bonchev–Trinajstić information content (AvgIpc) is 2.39. The van der Waals surface area contributed by atoms with Gasteiger partial charge >= 0.3 is 6.18 Å². The summed E-state index contributed by atoms with van der Waals surface area (Å²) in [6.45, 7) is 0. The Kier molecular flexibility index (Phi) is 3.50. The molecule has 0 atom stereocenters. The van der Waals surface area contributed by atoms with Crippen molar-refractivity contribution in [2.75, 3.05) is 5.32 Å². The molecule has 2 aromatic rings. The molecule has 19 heavy (non-hydrogen) atoms. The van der Waals surface area contributed by atoms with Gasteiger partial charge in [-0.3, -0.25) is 0 Å². The van der Waals surface area contributed by atoms with E-state index in [9.17, 15) is 18.1 Å². The van der Waals surface area contributed by atoms with Gasteiger partial charge in [0.1, 0.15) is 5.69 Å². The van der Waals surface area contributed by atoms with Crippen LogP contribution in [0.4, 0.5) is 30.2 Å². The first-order valence-electron chi connectivity index (χ1n) is 5.37. The lowest BCUT2D eigenvalue weighted by atomic mass is 10.1. The molecule has 0 saturated carbocycles. The first-order valence-corrected chi connectivity index (χ1v) is 5.37. The molecule has 0 bridgehead atoms. The topological polar surface area (TPSA) is 41.5 Å². The fraction of sp³-hybridized carbons (Fsp3) is 0.0769. The molecule has 98 valence electrons. The van der Waals surface area contributed by atoms with Gasteiger partial charge in [-0.2, -0.15) is 13.2 Å². The summed E-state index contributed by atoms with van der Waals surface area (Å²) >= 11 is 0. The van der Waals surface area contributed by atoms with E-state index < -0.39 is 17.4 Å². The second kappa shape index (κ2) is 5.09. The number of halogens is 3. The monoisotopic (exact) mass is 266 g/mol. The summed E-state index contributed by atoms with van der Waals surface area (Å²) in [5, 5.41) is 5.21. The van der Waals surface area contributed by atoms with E-state index in [4.69, 9.17) is 0 Å². The number of para-hydroxylation sites is 1. The number of nitrogens with zero attached hydrogens (tertiary/aromatic N) is 1. The molecule has 1 N–H and O–H groups in total. The van der Waals surface area contributed by atoms with Gasteiger partial charge < -0.3 is 5.32 Å². The Morgan fingerprint density at radius 3 is 2.21 bits per heavy atom. The molecule has 0 fully saturated rings. The summed E-state index contributed by atoms with van der Waals surface area (Å²) in [6, 6.07) is 12.0. The van der Waals surface area contributed by atoms with Crippen LogP contribution in [0.2, 0.25) is 0 Å². The molecule has 0 heterocycles. The molecule has 6 heteroatoms. The molecule has 2 aromatic carbocycles. The van der Waals surface area contributed by atoms with Gasteiger partial charge in [-0.15, -0.1) is 4.91 Å². The van der Waals surface area contributed by atoms with E-state index in [1.165, 1.54) is 6.07 Å². The molecule has 0 aromatic heterocycles. The first-order chi connectivity index (χ1) is 9.00. The highest BCUT2D eigenvalue weighted by atomic mass is 19.4. The molecule has 0 radical (unpaired) electrons. The predicted molar refractivity (Wildman–Crippen MR) is 66.6 cm³/mol. The lowest BCUT2D eigenvalue weighted by molar-refractivity contribution is -0.137. The molecule has 0 aliphatic rings. The maximum atomic E-state index is 12.7. The molecule has 0 unspecified atom stereocenters. The van der Waals surface area contributed by atoms with Crippen LogP contribution in [0.25, 0.3) is 0 Å². The maximum Gasteiger partial charge on any atom is 0.418 e. The number of hydrogen-bond acceptors (Lipinski definition) is 3. The van der Waals surface area contributed by atoms with Crippen LogP contribution in [0.3, 0.4) is 0 Å². The van der Waals surface area contributed by atoms with Gasteiger partial charge in [-0.05, 0) is 35.5 Å². The van der Waals surface area contributed by atoms with Gasteiger partial charge in [0.15, 0.2) is 0 Å². The van der Waals surface area contributed by atoms with Crippen molar-refractivity contribution in [3.8, 4) is 0 Å². The number of anilines is 2. The summed E-state index contributed by atoms with van der Waals surface area (Å²) in [7, 11) is 0. The van der Waals surface area contributed by atoms with Crippen LogP contribution in [0.1, 0.15) is 5.56 Å². The van der Waals surface area contributed by atoms with Crippen LogP contribution in [-0.4, -0.2) is 0 Å². The highest BCUT2D eigenvalue weighted by molar-refractivity contribution is 5.64. The maximum absolute atomic E-state index is 12.7. The van der Waals surface area contributed by atoms with Crippen LogP contribution >= 0.6 is 0 Å². The van der Waals surface area contributed by atoms with Crippen LogP contribution in [0, 0.1) is 4.91 Å². The molecule has 0 spiro atoms. The zero-order valence-corrected chi connectivity index (χ0v) is 9.61. The minimum Gasteiger partial charge on any atom is -0.356 e. The number of rotatable bonds is 3. The zero-order chi connectivity index (χ0) is 13.9. The van der Waals surface area contributed by atoms with Crippen molar-refractivity contribution in [1.82, 2.24) is 0 Å². The standard InChI is InChI=1S/C13H9F3N2O/c14-13(15,16)11-8-10(6-7-12(11)18-19)17-9-4-2-1-3-5-9/h1-8,17H. The van der Waals surface area contributed by atoms with Crippen LogP contribution in [0.15, 0.2) is 53.7 Å².